The van der Waals surface area contributed by atoms with E-state index in [1.54, 1.807) is 13.8 Å². The van der Waals surface area contributed by atoms with Crippen molar-refractivity contribution in [3.8, 4) is 0 Å². The fraction of sp³-hybridized carbons (Fsp3) is 0.333. The van der Waals surface area contributed by atoms with Crippen molar-refractivity contribution in [2.45, 2.75) is 20.3 Å². The van der Waals surface area contributed by atoms with Crippen LogP contribution in [-0.2, 0) is 9.59 Å². The van der Waals surface area contributed by atoms with Gasteiger partial charge in [0.25, 0.3) is 0 Å². The summed E-state index contributed by atoms with van der Waals surface area (Å²) in [4.78, 5) is 24.8. The molecule has 0 unspecified atom stereocenters. The maximum Gasteiger partial charge on any atom is 0.239 e. The summed E-state index contributed by atoms with van der Waals surface area (Å²) >= 11 is 0. The Bertz CT molecular complexity index is 511. The Kier molecular flexibility index (Phi) is 2.41. The fourth-order valence-corrected chi connectivity index (χ4v) is 1.88. The number of halogens is 1. The second kappa shape index (κ2) is 3.55. The van der Waals surface area contributed by atoms with Crippen LogP contribution in [0, 0.1) is 11.2 Å². The van der Waals surface area contributed by atoms with E-state index in [0.29, 0.717) is 5.69 Å². The molecule has 0 aromatic heterocycles. The third-order valence-electron chi connectivity index (χ3n) is 2.86. The number of nitrogen functional groups attached to an aromatic ring is 1. The molecule has 1 aliphatic heterocycles. The van der Waals surface area contributed by atoms with E-state index < -0.39 is 11.2 Å². The van der Waals surface area contributed by atoms with Crippen LogP contribution in [-0.4, -0.2) is 11.8 Å². The van der Waals surface area contributed by atoms with Gasteiger partial charge in [-0.2, -0.15) is 0 Å². The van der Waals surface area contributed by atoms with Gasteiger partial charge in [0.1, 0.15) is 5.82 Å². The van der Waals surface area contributed by atoms with Gasteiger partial charge in [0.2, 0.25) is 11.8 Å². The standard InChI is InChI=1S/C12H13FN2O2/c1-12(2)6-10(16)15(11(12)17)7-3-4-8(13)9(14)5-7/h3-5H,6,14H2,1-2H3. The number of nitrogens with two attached hydrogens (primary N) is 1. The van der Waals surface area contributed by atoms with E-state index in [1.165, 1.54) is 12.1 Å². The summed E-state index contributed by atoms with van der Waals surface area (Å²) in [6.45, 7) is 3.42. The lowest BCUT2D eigenvalue weighted by Gasteiger charge is -2.18. The molecule has 2 amide bonds. The van der Waals surface area contributed by atoms with Crippen LogP contribution in [0.3, 0.4) is 0 Å². The fourth-order valence-electron chi connectivity index (χ4n) is 1.88. The Labute approximate surface area is 98.2 Å². The molecule has 2 N–H and O–H groups in total. The molecule has 0 aliphatic carbocycles. The van der Waals surface area contributed by atoms with Gasteiger partial charge in [0.05, 0.1) is 16.8 Å². The third kappa shape index (κ3) is 1.77. The Hall–Kier alpha value is -1.91. The van der Waals surface area contributed by atoms with Crippen LogP contribution in [0.25, 0.3) is 0 Å². The van der Waals surface area contributed by atoms with Gasteiger partial charge in [-0.3, -0.25) is 9.59 Å². The zero-order valence-corrected chi connectivity index (χ0v) is 9.66. The van der Waals surface area contributed by atoms with Gasteiger partial charge in [-0.25, -0.2) is 9.29 Å². The molecule has 5 heteroatoms. The zero-order chi connectivity index (χ0) is 12.8. The van der Waals surface area contributed by atoms with E-state index in [-0.39, 0.29) is 23.9 Å². The number of carbonyl (C=O) groups excluding carboxylic acids is 2. The van der Waals surface area contributed by atoms with Crippen LogP contribution in [0.2, 0.25) is 0 Å². The molecular formula is C12H13FN2O2. The summed E-state index contributed by atoms with van der Waals surface area (Å²) in [6, 6.07) is 3.83. The maximum absolute atomic E-state index is 13.0. The minimum Gasteiger partial charge on any atom is -0.396 e. The minimum atomic E-state index is -0.708. The van der Waals surface area contributed by atoms with Crippen LogP contribution in [0.1, 0.15) is 20.3 Å². The number of rotatable bonds is 1. The Morgan fingerprint density at radius 3 is 2.47 bits per heavy atom. The van der Waals surface area contributed by atoms with Crippen molar-refractivity contribution in [2.24, 2.45) is 5.41 Å². The predicted molar refractivity (Wildman–Crippen MR) is 61.7 cm³/mol. The SMILES string of the molecule is CC1(C)CC(=O)N(c2ccc(F)c(N)c2)C1=O. The average Bonchev–Trinajstić information content (AvgIpc) is 2.42. The first-order chi connectivity index (χ1) is 7.83. The lowest BCUT2D eigenvalue weighted by atomic mass is 9.92. The number of anilines is 2. The van der Waals surface area contributed by atoms with Gasteiger partial charge in [-0.1, -0.05) is 13.8 Å². The summed E-state index contributed by atoms with van der Waals surface area (Å²) in [6.07, 6.45) is 0.156. The quantitative estimate of drug-likeness (QED) is 0.596. The first-order valence-electron chi connectivity index (χ1n) is 5.25. The normalized spacial score (nSPS) is 18.9. The maximum atomic E-state index is 13.0. The molecule has 17 heavy (non-hydrogen) atoms. The highest BCUT2D eigenvalue weighted by Gasteiger charge is 2.45. The predicted octanol–water partition coefficient (Wildman–Crippen LogP) is 1.70. The molecule has 90 valence electrons. The number of carbonyl (C=O) groups is 2. The van der Waals surface area contributed by atoms with E-state index in [1.807, 2.05) is 0 Å². The van der Waals surface area contributed by atoms with Crippen molar-refractivity contribution >= 4 is 23.2 Å². The molecular weight excluding hydrogens is 223 g/mol. The molecule has 1 aliphatic rings. The number of hydrogen-bond acceptors (Lipinski definition) is 3. The van der Waals surface area contributed by atoms with Crippen molar-refractivity contribution in [3.05, 3.63) is 24.0 Å². The third-order valence-corrected chi connectivity index (χ3v) is 2.86. The van der Waals surface area contributed by atoms with Gasteiger partial charge < -0.3 is 5.73 Å². The molecule has 0 saturated carbocycles. The number of nitrogens with zero attached hydrogens (tertiary/aromatic N) is 1. The number of amides is 2. The van der Waals surface area contributed by atoms with Crippen molar-refractivity contribution in [2.75, 3.05) is 10.6 Å². The van der Waals surface area contributed by atoms with E-state index >= 15 is 0 Å². The van der Waals surface area contributed by atoms with Crippen molar-refractivity contribution in [1.29, 1.82) is 0 Å². The molecule has 0 radical (unpaired) electrons. The summed E-state index contributed by atoms with van der Waals surface area (Å²) < 4.78 is 13.0. The van der Waals surface area contributed by atoms with Gasteiger partial charge in [-0.05, 0) is 18.2 Å². The Morgan fingerprint density at radius 2 is 2.00 bits per heavy atom. The molecule has 0 bridgehead atoms. The van der Waals surface area contributed by atoms with Crippen LogP contribution in [0.5, 0.6) is 0 Å². The second-order valence-electron chi connectivity index (χ2n) is 4.80. The highest BCUT2D eigenvalue weighted by molar-refractivity contribution is 6.22. The van der Waals surface area contributed by atoms with Crippen molar-refractivity contribution in [1.82, 2.24) is 0 Å². The van der Waals surface area contributed by atoms with Crippen LogP contribution >= 0.6 is 0 Å². The Balaban J connectivity index is 2.44. The second-order valence-corrected chi connectivity index (χ2v) is 4.80. The zero-order valence-electron chi connectivity index (χ0n) is 9.66. The topological polar surface area (TPSA) is 63.4 Å². The van der Waals surface area contributed by atoms with E-state index in [4.69, 9.17) is 5.73 Å². The molecule has 1 aromatic carbocycles. The molecule has 1 heterocycles. The lowest BCUT2D eigenvalue weighted by molar-refractivity contribution is -0.124. The van der Waals surface area contributed by atoms with Crippen LogP contribution < -0.4 is 10.6 Å². The molecule has 4 nitrogen and oxygen atoms in total. The highest BCUT2D eigenvalue weighted by atomic mass is 19.1. The molecule has 0 atom stereocenters. The molecule has 1 fully saturated rings. The first-order valence-corrected chi connectivity index (χ1v) is 5.25. The lowest BCUT2D eigenvalue weighted by Crippen LogP contribution is -2.33. The summed E-state index contributed by atoms with van der Waals surface area (Å²) in [7, 11) is 0. The van der Waals surface area contributed by atoms with Crippen molar-refractivity contribution in [3.63, 3.8) is 0 Å². The molecule has 1 saturated heterocycles. The van der Waals surface area contributed by atoms with Gasteiger partial charge >= 0.3 is 0 Å². The van der Waals surface area contributed by atoms with Gasteiger partial charge in [0.15, 0.2) is 0 Å². The summed E-state index contributed by atoms with van der Waals surface area (Å²) in [5, 5.41) is 0. The monoisotopic (exact) mass is 236 g/mol. The van der Waals surface area contributed by atoms with E-state index in [2.05, 4.69) is 0 Å². The summed E-state index contributed by atoms with van der Waals surface area (Å²) in [5.41, 5.74) is 4.96. The van der Waals surface area contributed by atoms with Crippen LogP contribution in [0.4, 0.5) is 15.8 Å². The van der Waals surface area contributed by atoms with E-state index in [9.17, 15) is 14.0 Å². The van der Waals surface area contributed by atoms with Gasteiger partial charge in [-0.15, -0.1) is 0 Å². The van der Waals surface area contributed by atoms with Crippen molar-refractivity contribution < 1.29 is 14.0 Å². The van der Waals surface area contributed by atoms with Gasteiger partial charge in [0, 0.05) is 6.42 Å². The van der Waals surface area contributed by atoms with E-state index in [0.717, 1.165) is 11.0 Å². The number of hydrogen-bond donors (Lipinski definition) is 1. The summed E-state index contributed by atoms with van der Waals surface area (Å²) in [5.74, 6) is -1.13. The molecule has 2 rings (SSSR count). The highest BCUT2D eigenvalue weighted by Crippen LogP contribution is 2.35. The minimum absolute atomic E-state index is 0.0761. The average molecular weight is 236 g/mol. The first kappa shape index (κ1) is 11.6. The van der Waals surface area contributed by atoms with Crippen LogP contribution in [0.15, 0.2) is 18.2 Å². The molecule has 1 aromatic rings. The smallest absolute Gasteiger partial charge is 0.239 e. The number of benzene rings is 1. The Morgan fingerprint density at radius 1 is 1.35 bits per heavy atom. The number of imide groups is 1. The molecule has 0 spiro atoms. The largest absolute Gasteiger partial charge is 0.396 e.